The van der Waals surface area contributed by atoms with Gasteiger partial charge >= 0.3 is 0 Å². The molecule has 2 N–H and O–H groups in total. The molecule has 1 saturated heterocycles. The lowest BCUT2D eigenvalue weighted by atomic mass is 10.1. The monoisotopic (exact) mass is 263 g/mol. The molecule has 2 heterocycles. The van der Waals surface area contributed by atoms with E-state index in [1.54, 1.807) is 0 Å². The molecule has 0 atom stereocenters. The molecule has 1 aromatic carbocycles. The molecule has 0 bridgehead atoms. The van der Waals surface area contributed by atoms with E-state index in [1.165, 1.54) is 22.2 Å². The third-order valence-corrected chi connectivity index (χ3v) is 3.95. The smallest absolute Gasteiger partial charge is 0.0460 e. The van der Waals surface area contributed by atoms with Crippen LogP contribution < -0.4 is 5.32 Å². The molecule has 3 nitrogen and oxygen atoms in total. The van der Waals surface area contributed by atoms with Gasteiger partial charge in [-0.25, -0.2) is 0 Å². The van der Waals surface area contributed by atoms with Crippen LogP contribution in [0.5, 0.6) is 0 Å². The van der Waals surface area contributed by atoms with Crippen molar-refractivity contribution in [3.8, 4) is 0 Å². The summed E-state index contributed by atoms with van der Waals surface area (Å²) in [4.78, 5) is 6.00. The molecule has 2 aromatic rings. The van der Waals surface area contributed by atoms with E-state index in [0.717, 1.165) is 37.7 Å². The van der Waals surface area contributed by atoms with Crippen molar-refractivity contribution in [1.29, 1.82) is 0 Å². The number of nitrogens with zero attached hydrogens (tertiary/aromatic N) is 1. The number of hydrogen-bond donors (Lipinski definition) is 2. The Balaban J connectivity index is 1.89. The summed E-state index contributed by atoms with van der Waals surface area (Å²) < 4.78 is 0. The fourth-order valence-corrected chi connectivity index (χ4v) is 2.78. The molecule has 1 aliphatic heterocycles. The number of H-pyrrole nitrogens is 1. The third-order valence-electron chi connectivity index (χ3n) is 3.72. The highest BCUT2D eigenvalue weighted by molar-refractivity contribution is 6.31. The van der Waals surface area contributed by atoms with Crippen LogP contribution in [0, 0.1) is 6.92 Å². The van der Waals surface area contributed by atoms with Gasteiger partial charge in [0.2, 0.25) is 0 Å². The van der Waals surface area contributed by atoms with Gasteiger partial charge in [-0.1, -0.05) is 11.6 Å². The highest BCUT2D eigenvalue weighted by Gasteiger charge is 2.14. The average molecular weight is 264 g/mol. The number of piperazine rings is 1. The molecule has 96 valence electrons. The van der Waals surface area contributed by atoms with Gasteiger partial charge in [0.25, 0.3) is 0 Å². The van der Waals surface area contributed by atoms with Crippen LogP contribution in [-0.2, 0) is 6.54 Å². The van der Waals surface area contributed by atoms with Crippen LogP contribution in [0.25, 0.3) is 10.9 Å². The lowest BCUT2D eigenvalue weighted by molar-refractivity contribution is 0.231. The second-order valence-electron chi connectivity index (χ2n) is 4.94. The van der Waals surface area contributed by atoms with E-state index in [9.17, 15) is 0 Å². The Morgan fingerprint density at radius 3 is 2.83 bits per heavy atom. The van der Waals surface area contributed by atoms with E-state index in [2.05, 4.69) is 28.2 Å². The molecule has 4 heteroatoms. The van der Waals surface area contributed by atoms with Gasteiger partial charge in [0.15, 0.2) is 0 Å². The Hall–Kier alpha value is -1.03. The Bertz CT molecular complexity index is 555. The lowest BCUT2D eigenvalue weighted by Gasteiger charge is -2.26. The number of aromatic amines is 1. The number of halogens is 1. The lowest BCUT2D eigenvalue weighted by Crippen LogP contribution is -2.43. The van der Waals surface area contributed by atoms with Crippen molar-refractivity contribution in [2.75, 3.05) is 26.2 Å². The van der Waals surface area contributed by atoms with Gasteiger partial charge in [-0.3, -0.25) is 4.90 Å². The minimum atomic E-state index is 0.804. The molecule has 0 unspecified atom stereocenters. The number of nitrogens with one attached hydrogen (secondary N) is 2. The third kappa shape index (κ3) is 2.26. The molecular weight excluding hydrogens is 246 g/mol. The van der Waals surface area contributed by atoms with Crippen LogP contribution >= 0.6 is 11.6 Å². The summed E-state index contributed by atoms with van der Waals surface area (Å²) in [6.45, 7) is 7.59. The van der Waals surface area contributed by atoms with Crippen molar-refractivity contribution < 1.29 is 0 Å². The van der Waals surface area contributed by atoms with Crippen LogP contribution in [0.2, 0.25) is 5.02 Å². The number of aryl methyl sites for hydroxylation is 1. The number of benzene rings is 1. The summed E-state index contributed by atoms with van der Waals surface area (Å²) in [5.41, 5.74) is 3.82. The first kappa shape index (κ1) is 12.0. The molecule has 0 spiro atoms. The fourth-order valence-electron chi connectivity index (χ4n) is 2.61. The van der Waals surface area contributed by atoms with E-state index in [0.29, 0.717) is 0 Å². The zero-order chi connectivity index (χ0) is 12.5. The SMILES string of the molecule is Cc1c(CN2CCNCC2)[nH]c2ccc(Cl)cc12. The summed E-state index contributed by atoms with van der Waals surface area (Å²) in [5, 5.41) is 5.43. The molecular formula is C14H18ClN3. The molecule has 18 heavy (non-hydrogen) atoms. The summed E-state index contributed by atoms with van der Waals surface area (Å²) in [5.74, 6) is 0. The number of rotatable bonds is 2. The maximum atomic E-state index is 6.06. The van der Waals surface area contributed by atoms with Crippen LogP contribution in [0.1, 0.15) is 11.3 Å². The van der Waals surface area contributed by atoms with E-state index in [-0.39, 0.29) is 0 Å². The van der Waals surface area contributed by atoms with Crippen LogP contribution in [0.3, 0.4) is 0 Å². The molecule has 1 aromatic heterocycles. The van der Waals surface area contributed by atoms with Gasteiger partial charge in [-0.15, -0.1) is 0 Å². The first-order valence-corrected chi connectivity index (χ1v) is 6.81. The molecule has 3 rings (SSSR count). The maximum Gasteiger partial charge on any atom is 0.0460 e. The zero-order valence-electron chi connectivity index (χ0n) is 10.6. The fraction of sp³-hybridized carbons (Fsp3) is 0.429. The summed E-state index contributed by atoms with van der Waals surface area (Å²) in [6.07, 6.45) is 0. The molecule has 1 fully saturated rings. The Kier molecular flexibility index (Phi) is 3.29. The van der Waals surface area contributed by atoms with Gasteiger partial charge in [0.1, 0.15) is 0 Å². The topological polar surface area (TPSA) is 31.1 Å². The quantitative estimate of drug-likeness (QED) is 0.873. The predicted octanol–water partition coefficient (Wildman–Crippen LogP) is 2.53. The van der Waals surface area contributed by atoms with Crippen LogP contribution in [0.4, 0.5) is 0 Å². The summed E-state index contributed by atoms with van der Waals surface area (Å²) in [6, 6.07) is 6.05. The summed E-state index contributed by atoms with van der Waals surface area (Å²) in [7, 11) is 0. The van der Waals surface area contributed by atoms with Crippen LogP contribution in [0.15, 0.2) is 18.2 Å². The standard InChI is InChI=1S/C14H18ClN3/c1-10-12-8-11(15)2-3-13(12)17-14(10)9-18-6-4-16-5-7-18/h2-3,8,16-17H,4-7,9H2,1H3. The van der Waals surface area contributed by atoms with Gasteiger partial charge in [-0.2, -0.15) is 0 Å². The number of aromatic nitrogens is 1. The largest absolute Gasteiger partial charge is 0.357 e. The Morgan fingerprint density at radius 1 is 1.28 bits per heavy atom. The van der Waals surface area contributed by atoms with Crippen molar-refractivity contribution in [3.63, 3.8) is 0 Å². The highest BCUT2D eigenvalue weighted by Crippen LogP contribution is 2.25. The Morgan fingerprint density at radius 2 is 2.06 bits per heavy atom. The van der Waals surface area contributed by atoms with Crippen molar-refractivity contribution in [2.45, 2.75) is 13.5 Å². The highest BCUT2D eigenvalue weighted by atomic mass is 35.5. The Labute approximate surface area is 112 Å². The minimum absolute atomic E-state index is 0.804. The number of fused-ring (bicyclic) bond motifs is 1. The summed E-state index contributed by atoms with van der Waals surface area (Å²) >= 11 is 6.06. The van der Waals surface area contributed by atoms with Crippen LogP contribution in [-0.4, -0.2) is 36.1 Å². The first-order valence-electron chi connectivity index (χ1n) is 6.44. The first-order chi connectivity index (χ1) is 8.74. The van der Waals surface area contributed by atoms with Crippen molar-refractivity contribution in [2.24, 2.45) is 0 Å². The minimum Gasteiger partial charge on any atom is -0.357 e. The molecule has 0 aliphatic carbocycles. The second kappa shape index (κ2) is 4.92. The van der Waals surface area contributed by atoms with E-state index in [1.807, 2.05) is 12.1 Å². The second-order valence-corrected chi connectivity index (χ2v) is 5.38. The van der Waals surface area contributed by atoms with E-state index < -0.39 is 0 Å². The van der Waals surface area contributed by atoms with Gasteiger partial charge in [-0.05, 0) is 30.7 Å². The van der Waals surface area contributed by atoms with Gasteiger partial charge in [0.05, 0.1) is 0 Å². The van der Waals surface area contributed by atoms with E-state index in [4.69, 9.17) is 11.6 Å². The molecule has 0 radical (unpaired) electrons. The molecule has 1 aliphatic rings. The normalized spacial score (nSPS) is 17.4. The predicted molar refractivity (Wildman–Crippen MR) is 76.2 cm³/mol. The maximum absolute atomic E-state index is 6.06. The number of hydrogen-bond acceptors (Lipinski definition) is 2. The van der Waals surface area contributed by atoms with Crippen molar-refractivity contribution in [1.82, 2.24) is 15.2 Å². The van der Waals surface area contributed by atoms with Crippen molar-refractivity contribution in [3.05, 3.63) is 34.5 Å². The van der Waals surface area contributed by atoms with Gasteiger partial charge in [0, 0.05) is 54.3 Å². The van der Waals surface area contributed by atoms with Gasteiger partial charge < -0.3 is 10.3 Å². The van der Waals surface area contributed by atoms with Crippen molar-refractivity contribution >= 4 is 22.5 Å². The van der Waals surface area contributed by atoms with E-state index >= 15 is 0 Å². The molecule has 0 amide bonds. The zero-order valence-corrected chi connectivity index (χ0v) is 11.3. The molecule has 0 saturated carbocycles. The average Bonchev–Trinajstić information content (AvgIpc) is 2.68.